The monoisotopic (exact) mass is 345 g/mol. The molecule has 9 nitrogen and oxygen atoms in total. The first-order valence-electron chi connectivity index (χ1n) is 6.56. The predicted octanol–water partition coefficient (Wildman–Crippen LogP) is -0.0425. The summed E-state index contributed by atoms with van der Waals surface area (Å²) in [6.45, 7) is -0.294. The van der Waals surface area contributed by atoms with Gasteiger partial charge in [0.15, 0.2) is 0 Å². The maximum absolute atomic E-state index is 12.1. The van der Waals surface area contributed by atoms with Gasteiger partial charge in [-0.05, 0) is 24.3 Å². The summed E-state index contributed by atoms with van der Waals surface area (Å²) in [5.74, 6) is -2.33. The van der Waals surface area contributed by atoms with Gasteiger partial charge in [0, 0.05) is 12.1 Å². The molecule has 1 aromatic carbocycles. The van der Waals surface area contributed by atoms with Gasteiger partial charge in [-0.2, -0.15) is 0 Å². The van der Waals surface area contributed by atoms with Gasteiger partial charge in [0.1, 0.15) is 18.7 Å². The summed E-state index contributed by atoms with van der Waals surface area (Å²) in [7, 11) is -3.99. The zero-order valence-electron chi connectivity index (χ0n) is 12.0. The molecular weight excluding hydrogens is 327 g/mol. The van der Waals surface area contributed by atoms with E-state index < -0.39 is 37.4 Å². The van der Waals surface area contributed by atoms with Crippen molar-refractivity contribution >= 4 is 30.9 Å². The molecule has 1 unspecified atom stereocenters. The summed E-state index contributed by atoms with van der Waals surface area (Å²) in [4.78, 5) is 52.9. The Balaban J connectivity index is 2.71. The van der Waals surface area contributed by atoms with Crippen LogP contribution in [0.25, 0.3) is 0 Å². The van der Waals surface area contributed by atoms with E-state index in [1.807, 2.05) is 0 Å². The third kappa shape index (κ3) is 5.91. The van der Waals surface area contributed by atoms with Crippen molar-refractivity contribution in [2.24, 2.45) is 5.73 Å². The van der Waals surface area contributed by atoms with Gasteiger partial charge >= 0.3 is 25.2 Å². The molecule has 0 heterocycles. The van der Waals surface area contributed by atoms with Crippen LogP contribution < -0.4 is 11.1 Å². The van der Waals surface area contributed by atoms with Crippen molar-refractivity contribution in [3.63, 3.8) is 0 Å². The second-order valence-corrected chi connectivity index (χ2v) is 7.13. The molecule has 10 heteroatoms. The molecule has 0 amide bonds. The fourth-order valence-electron chi connectivity index (χ4n) is 1.66. The van der Waals surface area contributed by atoms with Crippen LogP contribution in [0.15, 0.2) is 24.3 Å². The van der Waals surface area contributed by atoms with Crippen molar-refractivity contribution in [3.05, 3.63) is 29.8 Å². The molecule has 0 aliphatic carbocycles. The average Bonchev–Trinajstić information content (AvgIpc) is 2.50. The minimum atomic E-state index is -3.99. The van der Waals surface area contributed by atoms with E-state index in [2.05, 4.69) is 5.32 Å². The van der Waals surface area contributed by atoms with E-state index in [9.17, 15) is 24.2 Å². The molecule has 126 valence electrons. The second kappa shape index (κ2) is 7.98. The summed E-state index contributed by atoms with van der Waals surface area (Å²) in [5, 5.41) is 19.8. The molecule has 0 spiro atoms. The highest BCUT2D eigenvalue weighted by atomic mass is 31.2. The lowest BCUT2D eigenvalue weighted by molar-refractivity contribution is -0.138. The average molecular weight is 345 g/mol. The number of aliphatic carboxylic acids is 2. The van der Waals surface area contributed by atoms with Crippen LogP contribution in [0.1, 0.15) is 16.8 Å². The summed E-state index contributed by atoms with van der Waals surface area (Å²) in [6, 6.07) is 4.23. The number of carboxylic acids is 2. The number of nitrogens with one attached hydrogen (secondary N) is 1. The Kier molecular flexibility index (Phi) is 6.59. The van der Waals surface area contributed by atoms with Crippen molar-refractivity contribution in [3.8, 4) is 0 Å². The van der Waals surface area contributed by atoms with E-state index in [1.54, 1.807) is 0 Å². The van der Waals surface area contributed by atoms with Crippen molar-refractivity contribution in [1.82, 2.24) is 0 Å². The highest BCUT2D eigenvalue weighted by molar-refractivity contribution is 7.81. The van der Waals surface area contributed by atoms with Crippen LogP contribution >= 0.6 is 7.72 Å². The van der Waals surface area contributed by atoms with E-state index in [-0.39, 0.29) is 18.5 Å². The Morgan fingerprint density at radius 2 is 1.70 bits per heavy atom. The number of anilines is 1. The smallest absolute Gasteiger partial charge is 0.356 e. The fraction of sp³-hybridized carbons (Fsp3) is 0.308. The number of hydrogen-bond acceptors (Lipinski definition) is 7. The molecule has 0 aliphatic rings. The van der Waals surface area contributed by atoms with E-state index in [0.29, 0.717) is 5.69 Å². The van der Waals surface area contributed by atoms with Crippen molar-refractivity contribution < 1.29 is 34.4 Å². The molecule has 0 saturated carbocycles. The van der Waals surface area contributed by atoms with Gasteiger partial charge in [-0.1, -0.05) is 0 Å². The third-order valence-corrected chi connectivity index (χ3v) is 4.76. The first-order valence-corrected chi connectivity index (χ1v) is 8.44. The Morgan fingerprint density at radius 1 is 1.13 bits per heavy atom. The van der Waals surface area contributed by atoms with Crippen LogP contribution in [0.5, 0.6) is 0 Å². The van der Waals surface area contributed by atoms with E-state index in [0.717, 1.165) is 0 Å². The lowest BCUT2D eigenvalue weighted by Gasteiger charge is -2.12. The maximum atomic E-state index is 12.1. The van der Waals surface area contributed by atoms with Crippen LogP contribution in [0.3, 0.4) is 0 Å². The van der Waals surface area contributed by atoms with E-state index in [4.69, 9.17) is 15.9 Å². The third-order valence-electron chi connectivity index (χ3n) is 2.97. The van der Waals surface area contributed by atoms with E-state index >= 15 is 0 Å². The van der Waals surface area contributed by atoms with Crippen LogP contribution in [0.4, 0.5) is 5.69 Å². The Labute approximate surface area is 132 Å². The lowest BCUT2D eigenvalue weighted by Crippen LogP contribution is -2.31. The van der Waals surface area contributed by atoms with Gasteiger partial charge in [-0.3, -0.25) is 9.59 Å². The van der Waals surface area contributed by atoms with Crippen molar-refractivity contribution in [1.29, 1.82) is 0 Å². The Morgan fingerprint density at radius 3 is 2.17 bits per heavy atom. The largest absolute Gasteiger partial charge is 0.480 e. The normalized spacial score (nSPS) is 12.5. The number of carbonyl (C=O) groups is 3. The predicted molar refractivity (Wildman–Crippen MR) is 83.4 cm³/mol. The van der Waals surface area contributed by atoms with Gasteiger partial charge in [-0.15, -0.1) is 0 Å². The van der Waals surface area contributed by atoms with Crippen molar-refractivity contribution in [2.45, 2.75) is 12.5 Å². The molecule has 0 aromatic heterocycles. The number of benzene rings is 1. The molecule has 0 fully saturated rings. The molecule has 1 rings (SSSR count). The quantitative estimate of drug-likeness (QED) is 0.336. The number of rotatable bonds is 9. The second-order valence-electron chi connectivity index (χ2n) is 4.82. The fourth-order valence-corrected chi connectivity index (χ4v) is 3.06. The summed E-state index contributed by atoms with van der Waals surface area (Å²) in [5.41, 5.74) is 4.87. The SMILES string of the molecule is NC(CC[P+](O)(O)C(=O)c1ccc(NCC(=O)O)cc1)C(=O)O. The zero-order valence-corrected chi connectivity index (χ0v) is 12.9. The number of carboxylic acid groups (broad SMARTS) is 2. The first-order chi connectivity index (χ1) is 10.6. The summed E-state index contributed by atoms with van der Waals surface area (Å²) < 4.78 is 0. The van der Waals surface area contributed by atoms with Gasteiger partial charge < -0.3 is 21.3 Å². The van der Waals surface area contributed by atoms with E-state index in [1.165, 1.54) is 24.3 Å². The van der Waals surface area contributed by atoms with Crippen LogP contribution in [0.2, 0.25) is 0 Å². The van der Waals surface area contributed by atoms with Gasteiger partial charge in [0.2, 0.25) is 0 Å². The molecular formula is C13H18N2O7P+. The standard InChI is InChI=1S/C13H17N2O7P/c14-10(12(18)19)5-6-23(21,22)13(20)8-1-3-9(4-2-8)15-7-11(16)17/h1-4,10,21-22H,5-7,14H2,(H2-,15,16,17,18,19,20)/p+1. The zero-order chi connectivity index (χ0) is 17.6. The molecule has 23 heavy (non-hydrogen) atoms. The minimum Gasteiger partial charge on any atom is -0.480 e. The van der Waals surface area contributed by atoms with Gasteiger partial charge in [0.25, 0.3) is 0 Å². The molecule has 1 aromatic rings. The van der Waals surface area contributed by atoms with Crippen LogP contribution in [-0.2, 0) is 9.59 Å². The molecule has 1 atom stereocenters. The maximum Gasteiger partial charge on any atom is 0.356 e. The lowest BCUT2D eigenvalue weighted by atomic mass is 10.2. The van der Waals surface area contributed by atoms with Gasteiger partial charge in [-0.25, -0.2) is 14.6 Å². The summed E-state index contributed by atoms with van der Waals surface area (Å²) in [6.07, 6.45) is -0.654. The first kappa shape index (κ1) is 19.0. The molecule has 0 saturated heterocycles. The number of nitrogens with two attached hydrogens (primary N) is 1. The minimum absolute atomic E-state index is 0.0353. The Bertz CT molecular complexity index is 588. The topological polar surface area (TPSA) is 170 Å². The molecule has 0 aliphatic heterocycles. The summed E-state index contributed by atoms with van der Waals surface area (Å²) >= 11 is 0. The van der Waals surface area contributed by atoms with Crippen LogP contribution in [-0.4, -0.2) is 56.2 Å². The number of carbonyl (C=O) groups excluding carboxylic acids is 1. The van der Waals surface area contributed by atoms with Gasteiger partial charge in [0.05, 0.1) is 5.56 Å². The number of hydrogen-bond donors (Lipinski definition) is 6. The molecule has 7 N–H and O–H groups in total. The van der Waals surface area contributed by atoms with Crippen LogP contribution in [0, 0.1) is 0 Å². The highest BCUT2D eigenvalue weighted by Crippen LogP contribution is 2.53. The van der Waals surface area contributed by atoms with Crippen molar-refractivity contribution in [2.75, 3.05) is 18.0 Å². The molecule has 0 bridgehead atoms. The molecule has 0 radical (unpaired) electrons. The highest BCUT2D eigenvalue weighted by Gasteiger charge is 2.44. The Hall–Kier alpha value is -2.06.